The molecule has 1 aromatic heterocycles. The van der Waals surface area contributed by atoms with E-state index >= 15 is 0 Å². The van der Waals surface area contributed by atoms with E-state index in [1.807, 2.05) is 0 Å². The summed E-state index contributed by atoms with van der Waals surface area (Å²) in [5.41, 5.74) is 28.4. The fraction of sp³-hybridized carbons (Fsp3) is 0.0357. The van der Waals surface area contributed by atoms with Gasteiger partial charge < -0.3 is 10.3 Å². The van der Waals surface area contributed by atoms with Crippen LogP contribution in [0.25, 0.3) is 94.3 Å². The van der Waals surface area contributed by atoms with E-state index < -0.39 is 0 Å². The van der Waals surface area contributed by atoms with Gasteiger partial charge in [0.1, 0.15) is 0 Å². The van der Waals surface area contributed by atoms with Crippen LogP contribution in [0, 0.1) is 0 Å². The van der Waals surface area contributed by atoms with Crippen molar-refractivity contribution in [1.82, 2.24) is 4.57 Å². The van der Waals surface area contributed by atoms with Crippen LogP contribution >= 0.6 is 0 Å². The molecule has 1 aliphatic rings. The normalized spacial score (nSPS) is 12.1. The van der Waals surface area contributed by atoms with E-state index in [-0.39, 0.29) is 0 Å². The highest BCUT2D eigenvalue weighted by Gasteiger charge is 2.22. The van der Waals surface area contributed by atoms with Gasteiger partial charge in [-0.1, -0.05) is 158 Å². The van der Waals surface area contributed by atoms with Crippen LogP contribution in [0.5, 0.6) is 0 Å². The third-order valence-electron chi connectivity index (χ3n) is 12.1. The molecule has 0 bridgehead atoms. The van der Waals surface area contributed by atoms with E-state index in [1.54, 1.807) is 0 Å². The summed E-state index contributed by atoms with van der Waals surface area (Å²) in [7, 11) is 0. The molecule has 0 spiro atoms. The topological polar surface area (TPSA) is 30.9 Å². The summed E-state index contributed by atoms with van der Waals surface area (Å²) in [6, 6.07) is 74.9. The Morgan fingerprint density at radius 1 is 0.310 bits per heavy atom. The first kappa shape index (κ1) is 33.9. The predicted octanol–water partition coefficient (Wildman–Crippen LogP) is 14.5. The molecule has 2 heteroatoms. The Morgan fingerprint density at radius 2 is 0.776 bits per heavy atom. The zero-order chi connectivity index (χ0) is 38.6. The van der Waals surface area contributed by atoms with E-state index in [2.05, 4.69) is 211 Å². The minimum atomic E-state index is 0.793. The van der Waals surface area contributed by atoms with E-state index in [0.29, 0.717) is 0 Å². The van der Waals surface area contributed by atoms with Gasteiger partial charge in [0.25, 0.3) is 0 Å². The van der Waals surface area contributed by atoms with Crippen molar-refractivity contribution in [3.63, 3.8) is 0 Å². The Bertz CT molecular complexity index is 3120. The molecule has 9 aromatic carbocycles. The first-order chi connectivity index (χ1) is 28.6. The summed E-state index contributed by atoms with van der Waals surface area (Å²) in [5, 5.41) is 2.57. The first-order valence-corrected chi connectivity index (χ1v) is 20.2. The summed E-state index contributed by atoms with van der Waals surface area (Å²) in [6.45, 7) is 0. The van der Waals surface area contributed by atoms with Crippen LogP contribution < -0.4 is 5.73 Å². The highest BCUT2D eigenvalue weighted by molar-refractivity contribution is 6.12. The average Bonchev–Trinajstić information content (AvgIpc) is 3.61. The Labute approximate surface area is 339 Å². The maximum atomic E-state index is 6.70. The molecule has 11 rings (SSSR count). The van der Waals surface area contributed by atoms with Gasteiger partial charge in [-0.2, -0.15) is 0 Å². The van der Waals surface area contributed by atoms with Crippen LogP contribution in [0.4, 0.5) is 5.69 Å². The molecule has 2 nitrogen and oxygen atoms in total. The monoisotopic (exact) mass is 740 g/mol. The number of nitrogen functional groups attached to an aromatic ring is 1. The number of anilines is 1. The third kappa shape index (κ3) is 5.90. The van der Waals surface area contributed by atoms with Crippen LogP contribution in [0.2, 0.25) is 0 Å². The second-order valence-corrected chi connectivity index (χ2v) is 15.5. The Morgan fingerprint density at radius 3 is 1.40 bits per heavy atom. The maximum Gasteiger partial charge on any atom is 0.0547 e. The molecule has 0 amide bonds. The lowest BCUT2D eigenvalue weighted by atomic mass is 9.83. The van der Waals surface area contributed by atoms with Crippen molar-refractivity contribution in [2.24, 2.45) is 0 Å². The molecule has 0 unspecified atom stereocenters. The molecule has 0 fully saturated rings. The van der Waals surface area contributed by atoms with Crippen molar-refractivity contribution in [2.75, 3.05) is 5.73 Å². The Hall–Kier alpha value is -7.42. The molecule has 1 heterocycles. The molecule has 0 aliphatic heterocycles. The SMILES string of the molecule is Nc1ccc(-c2ccc(-c3ccccc3)cc2)cc1-c1ccc2c(c1)CCc1cc3c4cc(-c5ccc(-c6ccccc6)cc5)ccc4n(-c4ccccc4)c3cc1-2. The van der Waals surface area contributed by atoms with Gasteiger partial charge in [0, 0.05) is 27.7 Å². The number of para-hydroxylation sites is 1. The molecule has 2 N–H and O–H groups in total. The molecule has 0 saturated heterocycles. The molecule has 0 radical (unpaired) electrons. The van der Waals surface area contributed by atoms with Crippen molar-refractivity contribution in [3.05, 3.63) is 217 Å². The molecule has 10 aromatic rings. The second kappa shape index (κ2) is 14.0. The van der Waals surface area contributed by atoms with Crippen molar-refractivity contribution in [1.29, 1.82) is 0 Å². The summed E-state index contributed by atoms with van der Waals surface area (Å²) < 4.78 is 2.44. The summed E-state index contributed by atoms with van der Waals surface area (Å²) >= 11 is 0. The second-order valence-electron chi connectivity index (χ2n) is 15.5. The van der Waals surface area contributed by atoms with Gasteiger partial charge in [0.2, 0.25) is 0 Å². The summed E-state index contributed by atoms with van der Waals surface area (Å²) in [5.74, 6) is 0. The molecule has 58 heavy (non-hydrogen) atoms. The zero-order valence-electron chi connectivity index (χ0n) is 32.1. The summed E-state index contributed by atoms with van der Waals surface area (Å²) in [4.78, 5) is 0. The average molecular weight is 741 g/mol. The molecular weight excluding hydrogens is 701 g/mol. The number of benzene rings is 9. The molecule has 1 aliphatic carbocycles. The van der Waals surface area contributed by atoms with Gasteiger partial charge in [0.15, 0.2) is 0 Å². The number of rotatable bonds is 6. The highest BCUT2D eigenvalue weighted by atomic mass is 15.0. The minimum absolute atomic E-state index is 0.793. The highest BCUT2D eigenvalue weighted by Crippen LogP contribution is 2.43. The first-order valence-electron chi connectivity index (χ1n) is 20.2. The van der Waals surface area contributed by atoms with Crippen molar-refractivity contribution in [2.45, 2.75) is 12.8 Å². The number of nitrogens with zero attached hydrogens (tertiary/aromatic N) is 1. The quantitative estimate of drug-likeness (QED) is 0.169. The van der Waals surface area contributed by atoms with Gasteiger partial charge >= 0.3 is 0 Å². The van der Waals surface area contributed by atoms with E-state index in [1.165, 1.54) is 88.7 Å². The number of hydrogen-bond acceptors (Lipinski definition) is 1. The zero-order valence-corrected chi connectivity index (χ0v) is 32.1. The number of hydrogen-bond donors (Lipinski definition) is 1. The van der Waals surface area contributed by atoms with Crippen molar-refractivity contribution >= 4 is 27.5 Å². The standard InChI is InChI=1S/C56H40N2/c57-54-30-27-43(41-20-16-39(17-21-41)37-10-4-1-5-11-37)33-51(54)46-26-29-49-45(32-46)24-25-47-35-53-52-34-44(42-22-18-40(19-23-42)38-12-6-2-7-13-38)28-31-55(52)58(56(53)36-50(47)49)48-14-8-3-9-15-48/h1-23,26-36H,24-25,57H2. The molecule has 274 valence electrons. The van der Waals surface area contributed by atoms with Crippen molar-refractivity contribution < 1.29 is 0 Å². The van der Waals surface area contributed by atoms with E-state index in [0.717, 1.165) is 35.2 Å². The Balaban J connectivity index is 0.978. The fourth-order valence-electron chi connectivity index (χ4n) is 9.06. The lowest BCUT2D eigenvalue weighted by Crippen LogP contribution is -2.05. The van der Waals surface area contributed by atoms with Gasteiger partial charge in [-0.25, -0.2) is 0 Å². The lowest BCUT2D eigenvalue weighted by molar-refractivity contribution is 0.944. The van der Waals surface area contributed by atoms with Gasteiger partial charge in [-0.15, -0.1) is 0 Å². The molecular formula is C56H40N2. The third-order valence-corrected chi connectivity index (χ3v) is 12.1. The van der Waals surface area contributed by atoms with Crippen LogP contribution in [-0.4, -0.2) is 4.57 Å². The number of aromatic nitrogens is 1. The molecule has 0 atom stereocenters. The largest absolute Gasteiger partial charge is 0.398 e. The van der Waals surface area contributed by atoms with Gasteiger partial charge in [0.05, 0.1) is 11.0 Å². The van der Waals surface area contributed by atoms with E-state index in [9.17, 15) is 0 Å². The van der Waals surface area contributed by atoms with Gasteiger partial charge in [-0.3, -0.25) is 0 Å². The van der Waals surface area contributed by atoms with Gasteiger partial charge in [-0.05, 0) is 134 Å². The smallest absolute Gasteiger partial charge is 0.0547 e. The Kier molecular flexibility index (Phi) is 8.15. The van der Waals surface area contributed by atoms with E-state index in [4.69, 9.17) is 5.73 Å². The van der Waals surface area contributed by atoms with Crippen LogP contribution in [0.1, 0.15) is 11.1 Å². The van der Waals surface area contributed by atoms with Crippen LogP contribution in [0.3, 0.4) is 0 Å². The fourth-order valence-corrected chi connectivity index (χ4v) is 9.06. The lowest BCUT2D eigenvalue weighted by Gasteiger charge is -2.22. The van der Waals surface area contributed by atoms with Crippen molar-refractivity contribution in [3.8, 4) is 72.4 Å². The maximum absolute atomic E-state index is 6.70. The molecule has 0 saturated carbocycles. The van der Waals surface area contributed by atoms with Crippen LogP contribution in [0.15, 0.2) is 206 Å². The minimum Gasteiger partial charge on any atom is -0.398 e. The predicted molar refractivity (Wildman–Crippen MR) is 245 cm³/mol. The summed E-state index contributed by atoms with van der Waals surface area (Å²) in [6.07, 6.45) is 1.97. The number of aryl methyl sites for hydroxylation is 2. The number of nitrogens with two attached hydrogens (primary N) is 1. The number of fused-ring (bicyclic) bond motifs is 6. The van der Waals surface area contributed by atoms with Crippen LogP contribution in [-0.2, 0) is 12.8 Å².